The number of hydrogen-bond donors (Lipinski definition) is 3. The first-order valence-electron chi connectivity index (χ1n) is 4.98. The third-order valence-corrected chi connectivity index (χ3v) is 2.45. The van der Waals surface area contributed by atoms with Crippen LogP contribution in [0.5, 0.6) is 0 Å². The van der Waals surface area contributed by atoms with Gasteiger partial charge in [-0.3, -0.25) is 9.59 Å². The van der Waals surface area contributed by atoms with Crippen molar-refractivity contribution in [3.05, 3.63) is 0 Å². The van der Waals surface area contributed by atoms with Crippen molar-refractivity contribution in [1.82, 2.24) is 0 Å². The number of ether oxygens (including phenoxy) is 1. The van der Waals surface area contributed by atoms with Crippen molar-refractivity contribution in [2.24, 2.45) is 17.2 Å². The van der Waals surface area contributed by atoms with Gasteiger partial charge in [0.1, 0.15) is 6.10 Å². The van der Waals surface area contributed by atoms with Crippen LogP contribution in [0.25, 0.3) is 0 Å². The minimum Gasteiger partial charge on any atom is -0.461 e. The number of nitrogens with two attached hydrogens (primary N) is 3. The molecular formula is C9H17N3O3. The van der Waals surface area contributed by atoms with Crippen molar-refractivity contribution < 1.29 is 14.3 Å². The molecule has 1 aliphatic rings. The van der Waals surface area contributed by atoms with Gasteiger partial charge < -0.3 is 21.9 Å². The average Bonchev–Trinajstić information content (AvgIpc) is 2.42. The van der Waals surface area contributed by atoms with Gasteiger partial charge in [-0.05, 0) is 6.42 Å². The smallest absolute Gasteiger partial charge is 0.306 e. The Morgan fingerprint density at radius 3 is 2.33 bits per heavy atom. The zero-order valence-electron chi connectivity index (χ0n) is 8.52. The summed E-state index contributed by atoms with van der Waals surface area (Å²) in [6.45, 7) is 0. The lowest BCUT2D eigenvalue weighted by Gasteiger charge is -2.15. The molecular weight excluding hydrogens is 198 g/mol. The Labute approximate surface area is 88.1 Å². The normalized spacial score (nSPS) is 30.1. The molecule has 6 N–H and O–H groups in total. The second-order valence-electron chi connectivity index (χ2n) is 3.89. The van der Waals surface area contributed by atoms with Crippen molar-refractivity contribution in [2.45, 2.75) is 43.9 Å². The monoisotopic (exact) mass is 215 g/mol. The zero-order valence-corrected chi connectivity index (χ0v) is 8.52. The summed E-state index contributed by atoms with van der Waals surface area (Å²) in [6.07, 6.45) is 0.943. The van der Waals surface area contributed by atoms with Crippen LogP contribution in [0.4, 0.5) is 0 Å². The maximum absolute atomic E-state index is 11.2. The zero-order chi connectivity index (χ0) is 11.4. The number of carbonyl (C=O) groups is 2. The van der Waals surface area contributed by atoms with Gasteiger partial charge in [0.15, 0.2) is 0 Å². The summed E-state index contributed by atoms with van der Waals surface area (Å²) in [5.41, 5.74) is 16.3. The molecule has 6 heteroatoms. The third-order valence-electron chi connectivity index (χ3n) is 2.45. The highest BCUT2D eigenvalue weighted by atomic mass is 16.5. The molecule has 0 aromatic rings. The van der Waals surface area contributed by atoms with E-state index in [0.29, 0.717) is 12.8 Å². The Bertz CT molecular complexity index is 257. The fraction of sp³-hybridized carbons (Fsp3) is 0.778. The van der Waals surface area contributed by atoms with E-state index in [4.69, 9.17) is 21.9 Å². The summed E-state index contributed by atoms with van der Waals surface area (Å²) in [5, 5.41) is 0. The largest absolute Gasteiger partial charge is 0.461 e. The number of hydrogen-bond acceptors (Lipinski definition) is 5. The molecule has 3 unspecified atom stereocenters. The molecule has 0 saturated heterocycles. The second kappa shape index (κ2) is 5.09. The van der Waals surface area contributed by atoms with Crippen LogP contribution in [0, 0.1) is 0 Å². The van der Waals surface area contributed by atoms with Crippen LogP contribution in [0.1, 0.15) is 25.7 Å². The molecule has 1 rings (SSSR count). The van der Waals surface area contributed by atoms with Crippen LogP contribution >= 0.6 is 0 Å². The first-order valence-corrected chi connectivity index (χ1v) is 4.98. The molecule has 0 bridgehead atoms. The lowest BCUT2D eigenvalue weighted by atomic mass is 10.2. The van der Waals surface area contributed by atoms with Crippen molar-refractivity contribution in [1.29, 1.82) is 0 Å². The number of rotatable bonds is 4. The summed E-state index contributed by atoms with van der Waals surface area (Å²) in [4.78, 5) is 21.7. The number of primary amides is 1. The predicted octanol–water partition coefficient (Wildman–Crippen LogP) is -1.39. The van der Waals surface area contributed by atoms with E-state index in [0.717, 1.165) is 0 Å². The van der Waals surface area contributed by atoms with Crippen molar-refractivity contribution in [2.75, 3.05) is 0 Å². The van der Waals surface area contributed by atoms with Gasteiger partial charge in [0.2, 0.25) is 5.91 Å². The fourth-order valence-corrected chi connectivity index (χ4v) is 1.66. The molecule has 0 radical (unpaired) electrons. The summed E-state index contributed by atoms with van der Waals surface area (Å²) < 4.78 is 5.09. The van der Waals surface area contributed by atoms with Gasteiger partial charge in [0, 0.05) is 24.9 Å². The maximum atomic E-state index is 11.2. The molecule has 0 spiro atoms. The second-order valence-corrected chi connectivity index (χ2v) is 3.89. The van der Waals surface area contributed by atoms with E-state index in [-0.39, 0.29) is 31.0 Å². The Morgan fingerprint density at radius 1 is 1.20 bits per heavy atom. The van der Waals surface area contributed by atoms with E-state index in [1.165, 1.54) is 0 Å². The van der Waals surface area contributed by atoms with E-state index in [9.17, 15) is 9.59 Å². The van der Waals surface area contributed by atoms with Crippen molar-refractivity contribution in [3.8, 4) is 0 Å². The van der Waals surface area contributed by atoms with Crippen molar-refractivity contribution >= 4 is 11.9 Å². The summed E-state index contributed by atoms with van der Waals surface area (Å²) in [5.74, 6) is -0.956. The van der Waals surface area contributed by atoms with Gasteiger partial charge in [-0.1, -0.05) is 0 Å². The lowest BCUT2D eigenvalue weighted by molar-refractivity contribution is -0.150. The Morgan fingerprint density at radius 2 is 1.87 bits per heavy atom. The third kappa shape index (κ3) is 3.85. The van der Waals surface area contributed by atoms with Crippen LogP contribution in [0.3, 0.4) is 0 Å². The van der Waals surface area contributed by atoms with Crippen LogP contribution in [-0.4, -0.2) is 30.1 Å². The van der Waals surface area contributed by atoms with Gasteiger partial charge in [-0.15, -0.1) is 0 Å². The molecule has 86 valence electrons. The molecule has 3 atom stereocenters. The lowest BCUT2D eigenvalue weighted by Crippen LogP contribution is -2.33. The van der Waals surface area contributed by atoms with Gasteiger partial charge in [0.05, 0.1) is 6.42 Å². The van der Waals surface area contributed by atoms with Crippen molar-refractivity contribution in [3.63, 3.8) is 0 Å². The van der Waals surface area contributed by atoms with Crippen LogP contribution in [0.15, 0.2) is 0 Å². The molecule has 0 heterocycles. The van der Waals surface area contributed by atoms with E-state index in [1.807, 2.05) is 0 Å². The van der Waals surface area contributed by atoms with Gasteiger partial charge >= 0.3 is 5.97 Å². The molecule has 0 aromatic heterocycles. The maximum Gasteiger partial charge on any atom is 0.306 e. The molecule has 1 amide bonds. The van der Waals surface area contributed by atoms with E-state index in [1.54, 1.807) is 0 Å². The molecule has 1 aliphatic carbocycles. The molecule has 1 saturated carbocycles. The topological polar surface area (TPSA) is 121 Å². The molecule has 0 aliphatic heterocycles. The highest BCUT2D eigenvalue weighted by Crippen LogP contribution is 2.20. The standard InChI is InChI=1S/C9H17N3O3/c10-5-3-6(11)7(4-5)15-9(14)2-1-8(12)13/h5-7H,1-4,10-11H2,(H2,12,13). The van der Waals surface area contributed by atoms with Crippen LogP contribution in [0.2, 0.25) is 0 Å². The van der Waals surface area contributed by atoms with E-state index < -0.39 is 11.9 Å². The van der Waals surface area contributed by atoms with Gasteiger partial charge in [-0.2, -0.15) is 0 Å². The highest BCUT2D eigenvalue weighted by molar-refractivity contribution is 5.80. The van der Waals surface area contributed by atoms with Crippen LogP contribution < -0.4 is 17.2 Å². The molecule has 1 fully saturated rings. The summed E-state index contributed by atoms with van der Waals surface area (Å²) in [6, 6.07) is -0.202. The fourth-order valence-electron chi connectivity index (χ4n) is 1.66. The van der Waals surface area contributed by atoms with Gasteiger partial charge in [-0.25, -0.2) is 0 Å². The number of carbonyl (C=O) groups excluding carboxylic acids is 2. The Kier molecular flexibility index (Phi) is 4.05. The quantitative estimate of drug-likeness (QED) is 0.498. The first kappa shape index (κ1) is 11.9. The highest BCUT2D eigenvalue weighted by Gasteiger charge is 2.32. The van der Waals surface area contributed by atoms with Crippen LogP contribution in [-0.2, 0) is 14.3 Å². The summed E-state index contributed by atoms with van der Waals surface area (Å²) in [7, 11) is 0. The minimum atomic E-state index is -0.514. The Balaban J connectivity index is 2.29. The first-order chi connectivity index (χ1) is 6.99. The Hall–Kier alpha value is -1.14. The molecule has 15 heavy (non-hydrogen) atoms. The van der Waals surface area contributed by atoms with Gasteiger partial charge in [0.25, 0.3) is 0 Å². The molecule has 6 nitrogen and oxygen atoms in total. The SMILES string of the molecule is NC(=O)CCC(=O)OC1CC(N)CC1N. The number of amides is 1. The number of esters is 1. The van der Waals surface area contributed by atoms with E-state index >= 15 is 0 Å². The van der Waals surface area contributed by atoms with E-state index in [2.05, 4.69) is 0 Å². The average molecular weight is 215 g/mol. The predicted molar refractivity (Wildman–Crippen MR) is 53.5 cm³/mol. The molecule has 0 aromatic carbocycles. The summed E-state index contributed by atoms with van der Waals surface area (Å²) >= 11 is 0. The minimum absolute atomic E-state index is 0.00561.